The normalized spacial score (nSPS) is 25.3. The average molecular weight is 277 g/mol. The Balaban J connectivity index is 2.34. The van der Waals surface area contributed by atoms with Crippen molar-refractivity contribution in [2.75, 3.05) is 12.3 Å². The van der Waals surface area contributed by atoms with Crippen LogP contribution in [-0.2, 0) is 14.6 Å². The number of sulfone groups is 1. The van der Waals surface area contributed by atoms with Crippen molar-refractivity contribution in [1.29, 1.82) is 0 Å². The van der Waals surface area contributed by atoms with Crippen molar-refractivity contribution in [1.82, 2.24) is 5.32 Å². The highest BCUT2D eigenvalue weighted by atomic mass is 32.2. The minimum absolute atomic E-state index is 0.124. The van der Waals surface area contributed by atoms with E-state index in [1.165, 1.54) is 0 Å². The Morgan fingerprint density at radius 2 is 2.06 bits per heavy atom. The third-order valence-electron chi connectivity index (χ3n) is 3.56. The number of rotatable bonds is 6. The molecule has 0 spiro atoms. The second-order valence-corrected chi connectivity index (χ2v) is 7.95. The molecule has 0 aliphatic heterocycles. The van der Waals surface area contributed by atoms with Crippen LogP contribution in [-0.4, -0.2) is 43.1 Å². The van der Waals surface area contributed by atoms with Gasteiger partial charge in [-0.3, -0.25) is 4.79 Å². The van der Waals surface area contributed by atoms with E-state index < -0.39 is 15.8 Å². The molecule has 0 bridgehead atoms. The fourth-order valence-corrected chi connectivity index (χ4v) is 3.11. The number of nitrogens with one attached hydrogen (secondary N) is 1. The van der Waals surface area contributed by atoms with Crippen molar-refractivity contribution < 1.29 is 18.3 Å². The van der Waals surface area contributed by atoms with E-state index in [-0.39, 0.29) is 23.0 Å². The van der Waals surface area contributed by atoms with E-state index in [4.69, 9.17) is 5.11 Å². The van der Waals surface area contributed by atoms with Crippen molar-refractivity contribution in [2.45, 2.75) is 50.8 Å². The number of carbonyl (C=O) groups is 1. The summed E-state index contributed by atoms with van der Waals surface area (Å²) in [4.78, 5) is 10.9. The lowest BCUT2D eigenvalue weighted by molar-refractivity contribution is -0.143. The Hall–Kier alpha value is -0.620. The number of aliphatic carboxylic acids is 1. The quantitative estimate of drug-likeness (QED) is 0.758. The summed E-state index contributed by atoms with van der Waals surface area (Å²) in [6.07, 6.45) is 3.17. The van der Waals surface area contributed by atoms with E-state index in [1.54, 1.807) is 13.8 Å². The molecule has 1 saturated carbocycles. The van der Waals surface area contributed by atoms with Crippen molar-refractivity contribution in [2.24, 2.45) is 5.92 Å². The van der Waals surface area contributed by atoms with E-state index in [2.05, 4.69) is 5.32 Å². The van der Waals surface area contributed by atoms with Gasteiger partial charge in [0.15, 0.2) is 9.84 Å². The Morgan fingerprint density at radius 1 is 1.39 bits per heavy atom. The van der Waals surface area contributed by atoms with Gasteiger partial charge in [-0.25, -0.2) is 8.42 Å². The third kappa shape index (κ3) is 4.57. The standard InChI is InChI=1S/C12H23NO4S/c1-9(2)18(16,17)7-6-13-11-5-3-4-10(8-11)12(14)15/h9-11,13H,3-8H2,1-2H3,(H,14,15). The van der Waals surface area contributed by atoms with E-state index >= 15 is 0 Å². The molecule has 0 aromatic rings. The largest absolute Gasteiger partial charge is 0.481 e. The molecule has 5 nitrogen and oxygen atoms in total. The Bertz CT molecular complexity index is 378. The fourth-order valence-electron chi connectivity index (χ4n) is 2.24. The molecular weight excluding hydrogens is 254 g/mol. The molecule has 0 heterocycles. The maximum Gasteiger partial charge on any atom is 0.306 e. The van der Waals surface area contributed by atoms with Crippen molar-refractivity contribution in [3.63, 3.8) is 0 Å². The maximum atomic E-state index is 11.6. The first-order valence-corrected chi connectivity index (χ1v) is 8.22. The van der Waals surface area contributed by atoms with Crippen LogP contribution in [0.3, 0.4) is 0 Å². The second kappa shape index (κ2) is 6.52. The summed E-state index contributed by atoms with van der Waals surface area (Å²) in [5, 5.41) is 11.8. The lowest BCUT2D eigenvalue weighted by Crippen LogP contribution is -2.39. The summed E-state index contributed by atoms with van der Waals surface area (Å²) in [5.41, 5.74) is 0. The van der Waals surface area contributed by atoms with Crippen molar-refractivity contribution in [3.05, 3.63) is 0 Å². The molecule has 18 heavy (non-hydrogen) atoms. The summed E-state index contributed by atoms with van der Waals surface area (Å²) in [6, 6.07) is 0.141. The SMILES string of the molecule is CC(C)S(=O)(=O)CCNC1CCCC(C(=O)O)C1. The molecule has 1 aliphatic rings. The van der Waals surface area contributed by atoms with Crippen LogP contribution in [0.1, 0.15) is 39.5 Å². The number of carboxylic acid groups (broad SMARTS) is 1. The van der Waals surface area contributed by atoms with Crippen LogP contribution in [0.4, 0.5) is 0 Å². The molecule has 1 rings (SSSR count). The molecule has 6 heteroatoms. The molecule has 0 aromatic heterocycles. The smallest absolute Gasteiger partial charge is 0.306 e. The first-order valence-electron chi connectivity index (χ1n) is 6.50. The molecule has 2 unspecified atom stereocenters. The summed E-state index contributed by atoms with van der Waals surface area (Å²) < 4.78 is 23.2. The van der Waals surface area contributed by atoms with Crippen LogP contribution in [0.25, 0.3) is 0 Å². The van der Waals surface area contributed by atoms with Gasteiger partial charge in [0, 0.05) is 12.6 Å². The molecule has 0 radical (unpaired) electrons. The van der Waals surface area contributed by atoms with Crippen LogP contribution in [0.5, 0.6) is 0 Å². The first kappa shape index (κ1) is 15.4. The van der Waals surface area contributed by atoms with Gasteiger partial charge in [-0.1, -0.05) is 6.42 Å². The zero-order valence-electron chi connectivity index (χ0n) is 11.1. The minimum Gasteiger partial charge on any atom is -0.481 e. The van der Waals surface area contributed by atoms with Crippen molar-refractivity contribution in [3.8, 4) is 0 Å². The van der Waals surface area contributed by atoms with Gasteiger partial charge in [-0.05, 0) is 33.1 Å². The molecule has 1 fully saturated rings. The second-order valence-electron chi connectivity index (χ2n) is 5.27. The molecule has 106 valence electrons. The summed E-state index contributed by atoms with van der Waals surface area (Å²) in [7, 11) is -3.01. The van der Waals surface area contributed by atoms with Crippen LogP contribution >= 0.6 is 0 Å². The molecular formula is C12H23NO4S. The third-order valence-corrected chi connectivity index (χ3v) is 5.77. The van der Waals surface area contributed by atoms with Gasteiger partial charge in [0.1, 0.15) is 0 Å². The number of hydrogen-bond donors (Lipinski definition) is 2. The molecule has 0 amide bonds. The zero-order chi connectivity index (χ0) is 13.8. The summed E-state index contributed by atoms with van der Waals surface area (Å²) >= 11 is 0. The molecule has 2 N–H and O–H groups in total. The number of hydrogen-bond acceptors (Lipinski definition) is 4. The topological polar surface area (TPSA) is 83.5 Å². The molecule has 0 saturated heterocycles. The lowest BCUT2D eigenvalue weighted by Gasteiger charge is -2.27. The first-order chi connectivity index (χ1) is 8.33. The van der Waals surface area contributed by atoms with Crippen molar-refractivity contribution >= 4 is 15.8 Å². The van der Waals surface area contributed by atoms with Gasteiger partial charge >= 0.3 is 5.97 Å². The van der Waals surface area contributed by atoms with Gasteiger partial charge < -0.3 is 10.4 Å². The molecule has 0 aromatic carbocycles. The molecule has 2 atom stereocenters. The highest BCUT2D eigenvalue weighted by molar-refractivity contribution is 7.92. The zero-order valence-corrected chi connectivity index (χ0v) is 11.9. The predicted octanol–water partition coefficient (Wildman–Crippen LogP) is 1.04. The maximum absolute atomic E-state index is 11.6. The summed E-state index contributed by atoms with van der Waals surface area (Å²) in [6.45, 7) is 3.77. The minimum atomic E-state index is -3.01. The van der Waals surface area contributed by atoms with E-state index in [9.17, 15) is 13.2 Å². The Kier molecular flexibility index (Phi) is 5.59. The lowest BCUT2D eigenvalue weighted by atomic mass is 9.86. The van der Waals surface area contributed by atoms with Crippen LogP contribution in [0.15, 0.2) is 0 Å². The van der Waals surface area contributed by atoms with E-state index in [0.717, 1.165) is 19.3 Å². The highest BCUT2D eigenvalue weighted by Crippen LogP contribution is 2.24. The van der Waals surface area contributed by atoms with E-state index in [1.807, 2.05) is 0 Å². The predicted molar refractivity (Wildman–Crippen MR) is 70.3 cm³/mol. The highest BCUT2D eigenvalue weighted by Gasteiger charge is 2.26. The fraction of sp³-hybridized carbons (Fsp3) is 0.917. The van der Waals surface area contributed by atoms with Gasteiger partial charge in [0.2, 0.25) is 0 Å². The van der Waals surface area contributed by atoms with Gasteiger partial charge in [-0.15, -0.1) is 0 Å². The average Bonchev–Trinajstić information content (AvgIpc) is 2.29. The van der Waals surface area contributed by atoms with E-state index in [0.29, 0.717) is 13.0 Å². The van der Waals surface area contributed by atoms with Crippen LogP contribution in [0.2, 0.25) is 0 Å². The monoisotopic (exact) mass is 277 g/mol. The molecule has 1 aliphatic carbocycles. The number of carboxylic acids is 1. The van der Waals surface area contributed by atoms with Gasteiger partial charge in [0.25, 0.3) is 0 Å². The van der Waals surface area contributed by atoms with Gasteiger partial charge in [0.05, 0.1) is 16.9 Å². The van der Waals surface area contributed by atoms with Crippen LogP contribution < -0.4 is 5.32 Å². The van der Waals surface area contributed by atoms with Gasteiger partial charge in [-0.2, -0.15) is 0 Å². The Morgan fingerprint density at radius 3 is 2.61 bits per heavy atom. The summed E-state index contributed by atoms with van der Waals surface area (Å²) in [5.74, 6) is -0.895. The Labute approximate surface area is 109 Å². The van der Waals surface area contributed by atoms with Crippen LogP contribution in [0, 0.1) is 5.92 Å².